The number of carbonyl (C=O) groups is 1. The molecule has 1 saturated heterocycles. The molecule has 0 aromatic heterocycles. The lowest BCUT2D eigenvalue weighted by Gasteiger charge is -2.32. The number of methoxy groups -OCH3 is 2. The Morgan fingerprint density at radius 1 is 1.00 bits per heavy atom. The van der Waals surface area contributed by atoms with E-state index in [-0.39, 0.29) is 23.7 Å². The molecule has 0 unspecified atom stereocenters. The smallest absolute Gasteiger partial charge is 0.230 e. The van der Waals surface area contributed by atoms with Gasteiger partial charge in [0, 0.05) is 18.0 Å². The molecule has 5 heteroatoms. The molecule has 3 aromatic rings. The lowest BCUT2D eigenvalue weighted by molar-refractivity contribution is -0.137. The number of ether oxygens (including phenoxy) is 2. The summed E-state index contributed by atoms with van der Waals surface area (Å²) in [6, 6.07) is 20.5. The second-order valence-corrected chi connectivity index (χ2v) is 9.58. The molecule has 0 radical (unpaired) electrons. The van der Waals surface area contributed by atoms with E-state index in [1.165, 1.54) is 6.07 Å². The maximum Gasteiger partial charge on any atom is 0.230 e. The number of nitrogens with zero attached hydrogens (tertiary/aromatic N) is 1. The van der Waals surface area contributed by atoms with Crippen LogP contribution < -0.4 is 9.47 Å². The molecule has 1 aliphatic heterocycles. The second-order valence-electron chi connectivity index (χ2n) is 9.58. The van der Waals surface area contributed by atoms with Crippen molar-refractivity contribution < 1.29 is 18.7 Å². The summed E-state index contributed by atoms with van der Waals surface area (Å²) in [6.07, 6.45) is 6.08. The molecule has 1 amide bonds. The fourth-order valence-corrected chi connectivity index (χ4v) is 5.65. The predicted molar refractivity (Wildman–Crippen MR) is 135 cm³/mol. The normalized spacial score (nSPS) is 23.3. The number of rotatable bonds is 6. The van der Waals surface area contributed by atoms with Crippen LogP contribution in [0, 0.1) is 17.2 Å². The van der Waals surface area contributed by atoms with Crippen LogP contribution in [-0.4, -0.2) is 25.0 Å². The van der Waals surface area contributed by atoms with E-state index >= 15 is 4.39 Å². The van der Waals surface area contributed by atoms with Crippen LogP contribution >= 0.6 is 0 Å². The Labute approximate surface area is 206 Å². The summed E-state index contributed by atoms with van der Waals surface area (Å²) in [6.45, 7) is 2.60. The Hall–Kier alpha value is -3.60. The Balaban J connectivity index is 1.60. The minimum atomic E-state index is -0.466. The minimum absolute atomic E-state index is 0.0242. The van der Waals surface area contributed by atoms with E-state index in [1.807, 2.05) is 53.4 Å². The van der Waals surface area contributed by atoms with Gasteiger partial charge in [-0.25, -0.2) is 4.39 Å². The van der Waals surface area contributed by atoms with Gasteiger partial charge in [0.05, 0.1) is 25.7 Å². The van der Waals surface area contributed by atoms with E-state index in [2.05, 4.69) is 19.1 Å². The van der Waals surface area contributed by atoms with Crippen LogP contribution in [-0.2, 0) is 11.3 Å². The standard InChI is InChI=1S/C30H30FNO3/c1-30-16-8-7-11-24(30)28(32(29(30)33)19-20-9-5-4-6-10-20)22-12-14-25(31)23(17-22)21-13-15-26(34-2)27(18-21)35-3/h4-7,9-15,17-18,24,28H,8,16,19H2,1-3H3/t24-,28-,30+/m0/s1. The van der Waals surface area contributed by atoms with Gasteiger partial charge in [-0.3, -0.25) is 4.79 Å². The highest BCUT2D eigenvalue weighted by Gasteiger charge is 2.55. The van der Waals surface area contributed by atoms with Crippen molar-refractivity contribution in [3.63, 3.8) is 0 Å². The first kappa shape index (κ1) is 23.2. The van der Waals surface area contributed by atoms with E-state index in [0.717, 1.165) is 24.0 Å². The quantitative estimate of drug-likeness (QED) is 0.382. The van der Waals surface area contributed by atoms with Crippen molar-refractivity contribution in [3.05, 3.63) is 95.8 Å². The molecule has 1 fully saturated rings. The third-order valence-corrected chi connectivity index (χ3v) is 7.56. The molecular formula is C30H30FNO3. The zero-order chi connectivity index (χ0) is 24.6. The molecule has 0 N–H and O–H groups in total. The number of halogens is 1. The Morgan fingerprint density at radius 3 is 2.51 bits per heavy atom. The molecule has 180 valence electrons. The van der Waals surface area contributed by atoms with Gasteiger partial charge in [-0.15, -0.1) is 0 Å². The summed E-state index contributed by atoms with van der Waals surface area (Å²) in [4.78, 5) is 15.8. The van der Waals surface area contributed by atoms with Crippen molar-refractivity contribution in [2.24, 2.45) is 11.3 Å². The molecular weight excluding hydrogens is 441 g/mol. The molecule has 35 heavy (non-hydrogen) atoms. The number of likely N-dealkylation sites (tertiary alicyclic amines) is 1. The molecule has 4 nitrogen and oxygen atoms in total. The van der Waals surface area contributed by atoms with E-state index in [0.29, 0.717) is 29.2 Å². The molecule has 5 rings (SSSR count). The average molecular weight is 472 g/mol. The summed E-state index contributed by atoms with van der Waals surface area (Å²) in [7, 11) is 3.14. The van der Waals surface area contributed by atoms with Gasteiger partial charge in [-0.05, 0) is 53.8 Å². The second kappa shape index (κ2) is 9.21. The number of amides is 1. The number of hydrogen-bond acceptors (Lipinski definition) is 3. The van der Waals surface area contributed by atoms with Crippen LogP contribution in [0.1, 0.15) is 36.9 Å². The first-order valence-corrected chi connectivity index (χ1v) is 12.0. The summed E-state index contributed by atoms with van der Waals surface area (Å²) in [5.74, 6) is 1.00. The van der Waals surface area contributed by atoms with E-state index in [4.69, 9.17) is 9.47 Å². The van der Waals surface area contributed by atoms with Gasteiger partial charge in [0.15, 0.2) is 11.5 Å². The monoisotopic (exact) mass is 471 g/mol. The molecule has 2 aliphatic rings. The fourth-order valence-electron chi connectivity index (χ4n) is 5.65. The molecule has 1 aliphatic carbocycles. The predicted octanol–water partition coefficient (Wildman–Crippen LogP) is 6.57. The Morgan fingerprint density at radius 2 is 1.77 bits per heavy atom. The van der Waals surface area contributed by atoms with Gasteiger partial charge in [0.1, 0.15) is 5.82 Å². The number of benzene rings is 3. The van der Waals surface area contributed by atoms with Gasteiger partial charge >= 0.3 is 0 Å². The molecule has 0 saturated carbocycles. The number of allylic oxidation sites excluding steroid dienone is 1. The van der Waals surface area contributed by atoms with Crippen molar-refractivity contribution in [3.8, 4) is 22.6 Å². The summed E-state index contributed by atoms with van der Waals surface area (Å²) in [5, 5.41) is 0. The van der Waals surface area contributed by atoms with Crippen LogP contribution in [0.5, 0.6) is 11.5 Å². The minimum Gasteiger partial charge on any atom is -0.493 e. The van der Waals surface area contributed by atoms with Crippen molar-refractivity contribution >= 4 is 5.91 Å². The summed E-state index contributed by atoms with van der Waals surface area (Å²) in [5.41, 5.74) is 2.72. The van der Waals surface area contributed by atoms with Gasteiger partial charge in [0.2, 0.25) is 5.91 Å². The largest absolute Gasteiger partial charge is 0.493 e. The molecule has 3 atom stereocenters. The lowest BCUT2D eigenvalue weighted by atomic mass is 9.69. The van der Waals surface area contributed by atoms with Crippen molar-refractivity contribution in [1.29, 1.82) is 0 Å². The maximum absolute atomic E-state index is 15.1. The van der Waals surface area contributed by atoms with Crippen molar-refractivity contribution in [2.75, 3.05) is 14.2 Å². The van der Waals surface area contributed by atoms with E-state index < -0.39 is 5.41 Å². The molecule has 3 aromatic carbocycles. The van der Waals surface area contributed by atoms with E-state index in [9.17, 15) is 4.79 Å². The van der Waals surface area contributed by atoms with Crippen LogP contribution in [0.2, 0.25) is 0 Å². The van der Waals surface area contributed by atoms with Crippen LogP contribution in [0.4, 0.5) is 4.39 Å². The van der Waals surface area contributed by atoms with Crippen LogP contribution in [0.15, 0.2) is 78.9 Å². The topological polar surface area (TPSA) is 38.8 Å². The first-order valence-electron chi connectivity index (χ1n) is 12.0. The Bertz CT molecular complexity index is 1270. The molecule has 0 bridgehead atoms. The van der Waals surface area contributed by atoms with Crippen LogP contribution in [0.3, 0.4) is 0 Å². The zero-order valence-electron chi connectivity index (χ0n) is 20.3. The third kappa shape index (κ3) is 3.99. The lowest BCUT2D eigenvalue weighted by Crippen LogP contribution is -2.34. The molecule has 1 heterocycles. The summed E-state index contributed by atoms with van der Waals surface area (Å²) < 4.78 is 25.9. The zero-order valence-corrected chi connectivity index (χ0v) is 20.3. The van der Waals surface area contributed by atoms with Crippen LogP contribution in [0.25, 0.3) is 11.1 Å². The highest BCUT2D eigenvalue weighted by Crippen LogP contribution is 2.54. The van der Waals surface area contributed by atoms with Gasteiger partial charge in [-0.2, -0.15) is 0 Å². The number of fused-ring (bicyclic) bond motifs is 1. The highest BCUT2D eigenvalue weighted by atomic mass is 19.1. The number of carbonyl (C=O) groups excluding carboxylic acids is 1. The van der Waals surface area contributed by atoms with E-state index in [1.54, 1.807) is 26.4 Å². The van der Waals surface area contributed by atoms with Crippen molar-refractivity contribution in [1.82, 2.24) is 4.90 Å². The van der Waals surface area contributed by atoms with Gasteiger partial charge < -0.3 is 14.4 Å². The van der Waals surface area contributed by atoms with Gasteiger partial charge in [0.25, 0.3) is 0 Å². The fraction of sp³-hybridized carbons (Fsp3) is 0.300. The molecule has 0 spiro atoms. The third-order valence-electron chi connectivity index (χ3n) is 7.56. The first-order chi connectivity index (χ1) is 17.0. The SMILES string of the molecule is COc1ccc(-c2cc([C@H]3[C@@H]4C=CCC[C@@]4(C)C(=O)N3Cc3ccccc3)ccc2F)cc1OC. The maximum atomic E-state index is 15.1. The summed E-state index contributed by atoms with van der Waals surface area (Å²) >= 11 is 0. The average Bonchev–Trinajstić information content (AvgIpc) is 3.11. The Kier molecular flexibility index (Phi) is 6.10. The van der Waals surface area contributed by atoms with Crippen molar-refractivity contribution in [2.45, 2.75) is 32.4 Å². The highest BCUT2D eigenvalue weighted by molar-refractivity contribution is 5.87. The van der Waals surface area contributed by atoms with Gasteiger partial charge in [-0.1, -0.05) is 61.5 Å². The number of hydrogen-bond donors (Lipinski definition) is 0.